The SMILES string of the molecule is Cc1cc(C)cc(-n2nc3c(c2NC(=O)c2ccccc2Cl)CSC3)c1. The van der Waals surface area contributed by atoms with E-state index >= 15 is 0 Å². The first-order valence-electron chi connectivity index (χ1n) is 8.36. The fourth-order valence-electron chi connectivity index (χ4n) is 3.22. The van der Waals surface area contributed by atoms with Crippen molar-refractivity contribution >= 4 is 35.1 Å². The van der Waals surface area contributed by atoms with E-state index in [9.17, 15) is 4.79 Å². The molecule has 0 saturated heterocycles. The van der Waals surface area contributed by atoms with Crippen molar-refractivity contribution in [2.75, 3.05) is 5.32 Å². The van der Waals surface area contributed by atoms with Crippen molar-refractivity contribution in [1.82, 2.24) is 9.78 Å². The molecule has 6 heteroatoms. The number of amides is 1. The topological polar surface area (TPSA) is 46.9 Å². The molecule has 3 aromatic rings. The lowest BCUT2D eigenvalue weighted by Gasteiger charge is -2.13. The number of carbonyl (C=O) groups is 1. The van der Waals surface area contributed by atoms with Gasteiger partial charge in [-0.15, -0.1) is 0 Å². The maximum absolute atomic E-state index is 12.8. The fourth-order valence-corrected chi connectivity index (χ4v) is 4.48. The van der Waals surface area contributed by atoms with E-state index in [-0.39, 0.29) is 5.91 Å². The molecule has 0 aliphatic carbocycles. The standard InChI is InChI=1S/C20H18ClN3OS/c1-12-7-13(2)9-14(8-12)24-19(16-10-26-11-18(16)23-24)22-20(25)15-5-3-4-6-17(15)21/h3-9H,10-11H2,1-2H3,(H,22,25). The Bertz CT molecular complexity index is 992. The average Bonchev–Trinajstić information content (AvgIpc) is 3.17. The molecule has 1 aliphatic rings. The molecule has 1 aliphatic heterocycles. The van der Waals surface area contributed by atoms with Crippen LogP contribution in [0.3, 0.4) is 0 Å². The normalized spacial score (nSPS) is 12.9. The second-order valence-electron chi connectivity index (χ2n) is 6.46. The zero-order valence-electron chi connectivity index (χ0n) is 14.5. The Morgan fingerprint density at radius 3 is 2.62 bits per heavy atom. The number of benzene rings is 2. The van der Waals surface area contributed by atoms with Gasteiger partial charge >= 0.3 is 0 Å². The van der Waals surface area contributed by atoms with Crippen molar-refractivity contribution in [2.45, 2.75) is 25.4 Å². The first-order chi connectivity index (χ1) is 12.5. The van der Waals surface area contributed by atoms with E-state index in [2.05, 4.69) is 37.4 Å². The Labute approximate surface area is 161 Å². The molecule has 0 bridgehead atoms. The van der Waals surface area contributed by atoms with E-state index in [0.29, 0.717) is 10.6 Å². The van der Waals surface area contributed by atoms with Gasteiger partial charge in [0, 0.05) is 17.1 Å². The number of halogens is 1. The number of hydrogen-bond donors (Lipinski definition) is 1. The highest BCUT2D eigenvalue weighted by Crippen LogP contribution is 2.36. The lowest BCUT2D eigenvalue weighted by molar-refractivity contribution is 0.102. The first kappa shape index (κ1) is 17.2. The molecule has 0 radical (unpaired) electrons. The predicted molar refractivity (Wildman–Crippen MR) is 107 cm³/mol. The summed E-state index contributed by atoms with van der Waals surface area (Å²) in [5.74, 6) is 2.22. The number of nitrogens with zero attached hydrogens (tertiary/aromatic N) is 2. The van der Waals surface area contributed by atoms with Crippen LogP contribution in [0.4, 0.5) is 5.82 Å². The summed E-state index contributed by atoms with van der Waals surface area (Å²) in [7, 11) is 0. The van der Waals surface area contributed by atoms with Gasteiger partial charge in [0.05, 0.1) is 22.0 Å². The Hall–Kier alpha value is -2.24. The molecule has 1 N–H and O–H groups in total. The summed E-state index contributed by atoms with van der Waals surface area (Å²) in [6, 6.07) is 13.3. The van der Waals surface area contributed by atoms with Crippen molar-refractivity contribution < 1.29 is 4.79 Å². The summed E-state index contributed by atoms with van der Waals surface area (Å²) in [5, 5.41) is 8.25. The van der Waals surface area contributed by atoms with Gasteiger partial charge < -0.3 is 5.32 Å². The highest BCUT2D eigenvalue weighted by atomic mass is 35.5. The van der Waals surface area contributed by atoms with Crippen LogP contribution in [0.2, 0.25) is 5.02 Å². The van der Waals surface area contributed by atoms with Gasteiger partial charge in [-0.1, -0.05) is 29.8 Å². The minimum Gasteiger partial charge on any atom is -0.306 e. The summed E-state index contributed by atoms with van der Waals surface area (Å²) in [6.45, 7) is 4.12. The molecule has 0 fully saturated rings. The van der Waals surface area contributed by atoms with Crippen LogP contribution in [0.25, 0.3) is 5.69 Å². The van der Waals surface area contributed by atoms with Gasteiger partial charge in [-0.25, -0.2) is 4.68 Å². The van der Waals surface area contributed by atoms with Crippen LogP contribution in [0.5, 0.6) is 0 Å². The van der Waals surface area contributed by atoms with Crippen LogP contribution in [0, 0.1) is 13.8 Å². The van der Waals surface area contributed by atoms with Crippen molar-refractivity contribution in [1.29, 1.82) is 0 Å². The maximum Gasteiger partial charge on any atom is 0.258 e. The van der Waals surface area contributed by atoms with Gasteiger partial charge in [-0.05, 0) is 49.2 Å². The van der Waals surface area contributed by atoms with Gasteiger partial charge in [-0.3, -0.25) is 4.79 Å². The smallest absolute Gasteiger partial charge is 0.258 e. The van der Waals surface area contributed by atoms with Crippen LogP contribution in [-0.4, -0.2) is 15.7 Å². The largest absolute Gasteiger partial charge is 0.306 e. The van der Waals surface area contributed by atoms with E-state index < -0.39 is 0 Å². The molecule has 1 aromatic heterocycles. The monoisotopic (exact) mass is 383 g/mol. The second kappa shape index (κ2) is 6.82. The van der Waals surface area contributed by atoms with E-state index in [0.717, 1.165) is 45.4 Å². The maximum atomic E-state index is 12.8. The van der Waals surface area contributed by atoms with Crippen LogP contribution in [0.1, 0.15) is 32.7 Å². The summed E-state index contributed by atoms with van der Waals surface area (Å²) in [6.07, 6.45) is 0. The quantitative estimate of drug-likeness (QED) is 0.681. The number of hydrogen-bond acceptors (Lipinski definition) is 3. The Balaban J connectivity index is 1.78. The third-order valence-electron chi connectivity index (χ3n) is 4.35. The summed E-state index contributed by atoms with van der Waals surface area (Å²) in [5.41, 5.74) is 5.86. The van der Waals surface area contributed by atoms with Crippen LogP contribution < -0.4 is 5.32 Å². The van der Waals surface area contributed by atoms with Gasteiger partial charge in [0.15, 0.2) is 0 Å². The molecule has 132 valence electrons. The zero-order chi connectivity index (χ0) is 18.3. The molecule has 0 atom stereocenters. The first-order valence-corrected chi connectivity index (χ1v) is 9.89. The lowest BCUT2D eigenvalue weighted by atomic mass is 10.1. The number of rotatable bonds is 3. The van der Waals surface area contributed by atoms with Gasteiger partial charge in [0.1, 0.15) is 5.82 Å². The minimum absolute atomic E-state index is 0.221. The van der Waals surface area contributed by atoms with Crippen molar-refractivity contribution in [3.63, 3.8) is 0 Å². The molecular formula is C20H18ClN3OS. The predicted octanol–water partition coefficient (Wildman–Crippen LogP) is 5.14. The number of aromatic nitrogens is 2. The highest BCUT2D eigenvalue weighted by Gasteiger charge is 2.25. The Morgan fingerprint density at radius 1 is 1.15 bits per heavy atom. The summed E-state index contributed by atoms with van der Waals surface area (Å²) >= 11 is 7.99. The lowest BCUT2D eigenvalue weighted by Crippen LogP contribution is -2.16. The van der Waals surface area contributed by atoms with E-state index in [1.54, 1.807) is 23.9 Å². The summed E-state index contributed by atoms with van der Waals surface area (Å²) < 4.78 is 1.85. The van der Waals surface area contributed by atoms with Gasteiger partial charge in [0.2, 0.25) is 0 Å². The Kier molecular flexibility index (Phi) is 4.51. The molecule has 2 aromatic carbocycles. The number of carbonyl (C=O) groups excluding carboxylic acids is 1. The third kappa shape index (κ3) is 3.13. The number of anilines is 1. The van der Waals surface area contributed by atoms with Gasteiger partial charge in [0.25, 0.3) is 5.91 Å². The molecule has 0 saturated carbocycles. The van der Waals surface area contributed by atoms with E-state index in [1.807, 2.05) is 16.8 Å². The molecule has 0 spiro atoms. The van der Waals surface area contributed by atoms with Crippen LogP contribution in [-0.2, 0) is 11.5 Å². The fraction of sp³-hybridized carbons (Fsp3) is 0.200. The van der Waals surface area contributed by atoms with Gasteiger partial charge in [-0.2, -0.15) is 16.9 Å². The number of fused-ring (bicyclic) bond motifs is 1. The van der Waals surface area contributed by atoms with Crippen molar-refractivity contribution in [3.05, 3.63) is 75.4 Å². The second-order valence-corrected chi connectivity index (χ2v) is 7.85. The summed E-state index contributed by atoms with van der Waals surface area (Å²) in [4.78, 5) is 12.8. The number of nitrogens with one attached hydrogen (secondary N) is 1. The van der Waals surface area contributed by atoms with Crippen LogP contribution in [0.15, 0.2) is 42.5 Å². The third-order valence-corrected chi connectivity index (χ3v) is 5.65. The van der Waals surface area contributed by atoms with Crippen molar-refractivity contribution in [2.24, 2.45) is 0 Å². The zero-order valence-corrected chi connectivity index (χ0v) is 16.1. The number of thioether (sulfide) groups is 1. The Morgan fingerprint density at radius 2 is 1.88 bits per heavy atom. The van der Waals surface area contributed by atoms with Crippen LogP contribution >= 0.6 is 23.4 Å². The highest BCUT2D eigenvalue weighted by molar-refractivity contribution is 7.98. The molecule has 1 amide bonds. The van der Waals surface area contributed by atoms with Crippen molar-refractivity contribution in [3.8, 4) is 5.69 Å². The molecule has 26 heavy (non-hydrogen) atoms. The molecule has 2 heterocycles. The molecule has 4 nitrogen and oxygen atoms in total. The molecule has 4 rings (SSSR count). The number of aryl methyl sites for hydroxylation is 2. The minimum atomic E-state index is -0.221. The van der Waals surface area contributed by atoms with E-state index in [1.165, 1.54) is 0 Å². The average molecular weight is 384 g/mol. The molecular weight excluding hydrogens is 366 g/mol. The molecule has 0 unspecified atom stereocenters. The van der Waals surface area contributed by atoms with E-state index in [4.69, 9.17) is 16.7 Å².